The predicted molar refractivity (Wildman–Crippen MR) is 102 cm³/mol. The van der Waals surface area contributed by atoms with Crippen LogP contribution in [0.3, 0.4) is 0 Å². The number of esters is 1. The van der Waals surface area contributed by atoms with Gasteiger partial charge in [-0.15, -0.1) is 0 Å². The summed E-state index contributed by atoms with van der Waals surface area (Å²) in [5.41, 5.74) is 4.79. The molecule has 0 aromatic heterocycles. The molecule has 0 bridgehead atoms. The Labute approximate surface area is 161 Å². The molecule has 8 nitrogen and oxygen atoms in total. The summed E-state index contributed by atoms with van der Waals surface area (Å²) in [6, 6.07) is -0.0564. The maximum atomic E-state index is 12.3. The highest BCUT2D eigenvalue weighted by Crippen LogP contribution is 2.27. The first-order chi connectivity index (χ1) is 12.6. The van der Waals surface area contributed by atoms with Crippen LogP contribution in [0.5, 0.6) is 0 Å². The Bertz CT molecular complexity index is 504. The van der Waals surface area contributed by atoms with Crippen molar-refractivity contribution in [3.63, 3.8) is 0 Å². The molecule has 1 aliphatic carbocycles. The van der Waals surface area contributed by atoms with Gasteiger partial charge in [0.05, 0.1) is 12.5 Å². The van der Waals surface area contributed by atoms with Crippen molar-refractivity contribution in [2.75, 3.05) is 19.7 Å². The van der Waals surface area contributed by atoms with E-state index in [4.69, 9.17) is 15.2 Å². The van der Waals surface area contributed by atoms with E-state index in [1.165, 1.54) is 0 Å². The van der Waals surface area contributed by atoms with Gasteiger partial charge in [-0.05, 0) is 47.0 Å². The molecule has 8 heteroatoms. The molecular weight excluding hydrogens is 350 g/mol. The van der Waals surface area contributed by atoms with Crippen molar-refractivity contribution in [3.05, 3.63) is 0 Å². The van der Waals surface area contributed by atoms with Crippen LogP contribution in [0.1, 0.15) is 59.8 Å². The molecule has 1 rings (SSSR count). The van der Waals surface area contributed by atoms with E-state index in [9.17, 15) is 14.4 Å². The number of amides is 2. The van der Waals surface area contributed by atoms with Gasteiger partial charge in [0.2, 0.25) is 11.8 Å². The Kier molecular flexibility index (Phi) is 9.73. The number of hydrogen-bond donors (Lipinski definition) is 3. The van der Waals surface area contributed by atoms with Crippen LogP contribution in [-0.2, 0) is 23.9 Å². The number of nitrogens with two attached hydrogens (primary N) is 1. The van der Waals surface area contributed by atoms with Crippen LogP contribution in [0.2, 0.25) is 0 Å². The number of carbonyl (C=O) groups excluding carboxylic acids is 3. The SMILES string of the molecule is CC(OCCNC(=O)CCN)C(=O)NC1CCCC(C(=O)OC(C)(C)C)C1. The van der Waals surface area contributed by atoms with Crippen LogP contribution in [0.25, 0.3) is 0 Å². The lowest BCUT2D eigenvalue weighted by Crippen LogP contribution is -2.45. The summed E-state index contributed by atoms with van der Waals surface area (Å²) in [4.78, 5) is 35.8. The molecule has 2 amide bonds. The maximum Gasteiger partial charge on any atom is 0.309 e. The molecule has 1 fully saturated rings. The molecule has 0 radical (unpaired) electrons. The zero-order chi connectivity index (χ0) is 20.4. The van der Waals surface area contributed by atoms with E-state index in [1.807, 2.05) is 20.8 Å². The topological polar surface area (TPSA) is 120 Å². The Hall–Kier alpha value is -1.67. The lowest BCUT2D eigenvalue weighted by atomic mass is 9.85. The number of ether oxygens (including phenoxy) is 2. The van der Waals surface area contributed by atoms with Crippen molar-refractivity contribution in [2.45, 2.75) is 77.5 Å². The fraction of sp³-hybridized carbons (Fsp3) is 0.842. The molecule has 1 aliphatic rings. The fourth-order valence-corrected chi connectivity index (χ4v) is 2.96. The molecule has 1 saturated carbocycles. The summed E-state index contributed by atoms with van der Waals surface area (Å²) in [6.45, 7) is 8.11. The monoisotopic (exact) mass is 385 g/mol. The molecule has 0 aliphatic heterocycles. The quantitative estimate of drug-likeness (QED) is 0.400. The highest BCUT2D eigenvalue weighted by atomic mass is 16.6. The van der Waals surface area contributed by atoms with Gasteiger partial charge < -0.3 is 25.8 Å². The molecule has 4 N–H and O–H groups in total. The van der Waals surface area contributed by atoms with Gasteiger partial charge in [0.15, 0.2) is 0 Å². The highest BCUT2D eigenvalue weighted by molar-refractivity contribution is 5.81. The first-order valence-corrected chi connectivity index (χ1v) is 9.74. The molecule has 0 saturated heterocycles. The zero-order valence-electron chi connectivity index (χ0n) is 17.0. The molecule has 27 heavy (non-hydrogen) atoms. The fourth-order valence-electron chi connectivity index (χ4n) is 2.96. The molecule has 0 heterocycles. The van der Waals surface area contributed by atoms with E-state index < -0.39 is 11.7 Å². The molecule has 156 valence electrons. The van der Waals surface area contributed by atoms with Crippen LogP contribution < -0.4 is 16.4 Å². The van der Waals surface area contributed by atoms with E-state index in [0.717, 1.165) is 19.3 Å². The highest BCUT2D eigenvalue weighted by Gasteiger charge is 2.32. The van der Waals surface area contributed by atoms with Gasteiger partial charge in [0, 0.05) is 25.6 Å². The van der Waals surface area contributed by atoms with E-state index in [2.05, 4.69) is 10.6 Å². The number of nitrogens with one attached hydrogen (secondary N) is 2. The molecule has 3 atom stereocenters. The maximum absolute atomic E-state index is 12.3. The third kappa shape index (κ3) is 9.72. The van der Waals surface area contributed by atoms with Crippen LogP contribution in [-0.4, -0.2) is 55.2 Å². The minimum Gasteiger partial charge on any atom is -0.460 e. The Morgan fingerprint density at radius 2 is 1.93 bits per heavy atom. The van der Waals surface area contributed by atoms with E-state index in [0.29, 0.717) is 19.5 Å². The lowest BCUT2D eigenvalue weighted by molar-refractivity contribution is -0.161. The van der Waals surface area contributed by atoms with Crippen LogP contribution in [0.4, 0.5) is 0 Å². The zero-order valence-corrected chi connectivity index (χ0v) is 17.0. The second-order valence-electron chi connectivity index (χ2n) is 8.00. The predicted octanol–water partition coefficient (Wildman–Crippen LogP) is 0.873. The second-order valence-corrected chi connectivity index (χ2v) is 8.00. The Morgan fingerprint density at radius 1 is 1.22 bits per heavy atom. The summed E-state index contributed by atoms with van der Waals surface area (Å²) in [7, 11) is 0. The summed E-state index contributed by atoms with van der Waals surface area (Å²) in [5.74, 6) is -0.719. The number of rotatable bonds is 9. The van der Waals surface area contributed by atoms with Gasteiger partial charge in [-0.3, -0.25) is 14.4 Å². The van der Waals surface area contributed by atoms with Gasteiger partial charge in [-0.25, -0.2) is 0 Å². The van der Waals surface area contributed by atoms with Gasteiger partial charge in [0.1, 0.15) is 11.7 Å². The van der Waals surface area contributed by atoms with Gasteiger partial charge in [-0.2, -0.15) is 0 Å². The van der Waals surface area contributed by atoms with E-state index in [1.54, 1.807) is 6.92 Å². The van der Waals surface area contributed by atoms with Crippen molar-refractivity contribution in [3.8, 4) is 0 Å². The molecule has 0 aromatic rings. The van der Waals surface area contributed by atoms with E-state index >= 15 is 0 Å². The van der Waals surface area contributed by atoms with Crippen LogP contribution in [0.15, 0.2) is 0 Å². The largest absolute Gasteiger partial charge is 0.460 e. The normalized spacial score (nSPS) is 21.2. The van der Waals surface area contributed by atoms with Gasteiger partial charge in [0.25, 0.3) is 0 Å². The smallest absolute Gasteiger partial charge is 0.309 e. The first kappa shape index (κ1) is 23.4. The van der Waals surface area contributed by atoms with Crippen molar-refractivity contribution in [1.82, 2.24) is 10.6 Å². The third-order valence-corrected chi connectivity index (χ3v) is 4.29. The molecular formula is C19H35N3O5. The average Bonchev–Trinajstić information content (AvgIpc) is 2.57. The van der Waals surface area contributed by atoms with Crippen LogP contribution in [0, 0.1) is 5.92 Å². The van der Waals surface area contributed by atoms with Crippen molar-refractivity contribution < 1.29 is 23.9 Å². The van der Waals surface area contributed by atoms with Gasteiger partial charge >= 0.3 is 5.97 Å². The summed E-state index contributed by atoms with van der Waals surface area (Å²) < 4.78 is 10.9. The van der Waals surface area contributed by atoms with Gasteiger partial charge in [-0.1, -0.05) is 6.42 Å². The third-order valence-electron chi connectivity index (χ3n) is 4.29. The summed E-state index contributed by atoms with van der Waals surface area (Å²) in [5, 5.41) is 5.63. The Morgan fingerprint density at radius 3 is 2.56 bits per heavy atom. The Balaban J connectivity index is 2.33. The average molecular weight is 386 g/mol. The van der Waals surface area contributed by atoms with Crippen molar-refractivity contribution >= 4 is 17.8 Å². The van der Waals surface area contributed by atoms with Crippen molar-refractivity contribution in [1.29, 1.82) is 0 Å². The molecule has 0 spiro atoms. The van der Waals surface area contributed by atoms with Crippen molar-refractivity contribution in [2.24, 2.45) is 11.7 Å². The summed E-state index contributed by atoms with van der Waals surface area (Å²) in [6.07, 6.45) is 2.73. The molecule has 0 aromatic carbocycles. The minimum absolute atomic E-state index is 0.0564. The first-order valence-electron chi connectivity index (χ1n) is 9.74. The minimum atomic E-state index is -0.627. The number of carbonyl (C=O) groups is 3. The number of hydrogen-bond acceptors (Lipinski definition) is 6. The van der Waals surface area contributed by atoms with E-state index in [-0.39, 0.29) is 42.8 Å². The second kappa shape index (κ2) is 11.2. The van der Waals surface area contributed by atoms with Crippen LogP contribution >= 0.6 is 0 Å². The standard InChI is InChI=1S/C19H35N3O5/c1-13(26-11-10-21-16(23)8-9-20)17(24)22-15-7-5-6-14(12-15)18(25)27-19(2,3)4/h13-15H,5-12,20H2,1-4H3,(H,21,23)(H,22,24). The lowest BCUT2D eigenvalue weighted by Gasteiger charge is -2.31. The summed E-state index contributed by atoms with van der Waals surface area (Å²) >= 11 is 0. The molecule has 3 unspecified atom stereocenters.